The third kappa shape index (κ3) is 3.67. The Morgan fingerprint density at radius 1 is 1.29 bits per heavy atom. The van der Waals surface area contributed by atoms with Crippen LogP contribution in [0, 0.1) is 0 Å². The van der Waals surface area contributed by atoms with E-state index in [0.29, 0.717) is 11.4 Å². The van der Waals surface area contributed by atoms with E-state index in [9.17, 15) is 13.2 Å². The number of carbonyl (C=O) groups is 1. The van der Waals surface area contributed by atoms with Crippen molar-refractivity contribution in [3.05, 3.63) is 36.0 Å². The maximum Gasteiger partial charge on any atom is 0.253 e. The summed E-state index contributed by atoms with van der Waals surface area (Å²) >= 11 is 0. The van der Waals surface area contributed by atoms with Gasteiger partial charge in [0.1, 0.15) is 5.82 Å². The van der Waals surface area contributed by atoms with E-state index in [1.807, 2.05) is 24.3 Å². The Morgan fingerprint density at radius 2 is 1.95 bits per heavy atom. The highest BCUT2D eigenvalue weighted by Crippen LogP contribution is 2.23. The summed E-state index contributed by atoms with van der Waals surface area (Å²) in [6, 6.07) is 7.35. The number of hydrogen-bond acceptors (Lipinski definition) is 5. The predicted octanol–water partition coefficient (Wildman–Crippen LogP) is 0.295. The van der Waals surface area contributed by atoms with Gasteiger partial charge in [-0.05, 0) is 5.39 Å². The molecule has 112 valence electrons. The van der Waals surface area contributed by atoms with Gasteiger partial charge in [-0.3, -0.25) is 4.79 Å². The number of pyridine rings is 1. The van der Waals surface area contributed by atoms with Crippen molar-refractivity contribution < 1.29 is 13.2 Å². The number of amides is 1. The highest BCUT2D eigenvalue weighted by Gasteiger charge is 2.13. The maximum absolute atomic E-state index is 12.1. The van der Waals surface area contributed by atoms with E-state index in [1.54, 1.807) is 7.05 Å². The maximum atomic E-state index is 12.1. The minimum Gasteiger partial charge on any atom is -0.373 e. The first-order valence-electron chi connectivity index (χ1n) is 6.26. The SMILES string of the molecule is CNc1ncc(C(=O)NCCS(N)(=O)=O)c2ccccc12. The normalized spacial score (nSPS) is 11.3. The van der Waals surface area contributed by atoms with Crippen molar-refractivity contribution in [2.45, 2.75) is 0 Å². The van der Waals surface area contributed by atoms with Crippen LogP contribution in [-0.4, -0.2) is 38.7 Å². The van der Waals surface area contributed by atoms with Gasteiger partial charge < -0.3 is 10.6 Å². The number of anilines is 1. The molecule has 2 rings (SSSR count). The Balaban J connectivity index is 2.28. The summed E-state index contributed by atoms with van der Waals surface area (Å²) < 4.78 is 21.7. The van der Waals surface area contributed by atoms with Crippen LogP contribution in [0.15, 0.2) is 30.5 Å². The lowest BCUT2D eigenvalue weighted by atomic mass is 10.1. The molecule has 7 nitrogen and oxygen atoms in total. The molecule has 0 aliphatic heterocycles. The molecular formula is C13H16N4O3S. The fourth-order valence-electron chi connectivity index (χ4n) is 1.97. The number of sulfonamides is 1. The Labute approximate surface area is 122 Å². The van der Waals surface area contributed by atoms with Crippen LogP contribution in [0.25, 0.3) is 10.8 Å². The van der Waals surface area contributed by atoms with Crippen LogP contribution < -0.4 is 15.8 Å². The van der Waals surface area contributed by atoms with E-state index in [1.165, 1.54) is 6.20 Å². The van der Waals surface area contributed by atoms with Crippen LogP contribution in [0.2, 0.25) is 0 Å². The topological polar surface area (TPSA) is 114 Å². The number of primary sulfonamides is 1. The monoisotopic (exact) mass is 308 g/mol. The van der Waals surface area contributed by atoms with Gasteiger partial charge in [-0.2, -0.15) is 0 Å². The lowest BCUT2D eigenvalue weighted by Crippen LogP contribution is -2.31. The molecule has 21 heavy (non-hydrogen) atoms. The molecule has 1 amide bonds. The van der Waals surface area contributed by atoms with Crippen LogP contribution >= 0.6 is 0 Å². The van der Waals surface area contributed by atoms with Crippen molar-refractivity contribution in [1.82, 2.24) is 10.3 Å². The molecule has 1 aromatic heterocycles. The first-order chi connectivity index (χ1) is 9.92. The van der Waals surface area contributed by atoms with Crippen LogP contribution in [-0.2, 0) is 10.0 Å². The average Bonchev–Trinajstić information content (AvgIpc) is 2.44. The molecule has 0 spiro atoms. The largest absolute Gasteiger partial charge is 0.373 e. The van der Waals surface area contributed by atoms with Crippen molar-refractivity contribution in [2.24, 2.45) is 5.14 Å². The number of rotatable bonds is 5. The predicted molar refractivity (Wildman–Crippen MR) is 81.6 cm³/mol. The average molecular weight is 308 g/mol. The molecule has 0 bridgehead atoms. The standard InChI is InChI=1S/C13H16N4O3S/c1-15-12-10-5-3-2-4-9(10)11(8-17-12)13(18)16-6-7-21(14,19)20/h2-5,8H,6-7H2,1H3,(H,15,17)(H,16,18)(H2,14,19,20). The summed E-state index contributed by atoms with van der Waals surface area (Å²) in [6.07, 6.45) is 1.46. The van der Waals surface area contributed by atoms with Gasteiger partial charge in [0, 0.05) is 25.2 Å². The van der Waals surface area contributed by atoms with E-state index in [2.05, 4.69) is 15.6 Å². The molecule has 2 aromatic rings. The van der Waals surface area contributed by atoms with Crippen molar-refractivity contribution >= 4 is 32.5 Å². The van der Waals surface area contributed by atoms with Gasteiger partial charge in [-0.15, -0.1) is 0 Å². The second kappa shape index (κ2) is 6.06. The number of nitrogens with one attached hydrogen (secondary N) is 2. The van der Waals surface area contributed by atoms with E-state index in [4.69, 9.17) is 5.14 Å². The fraction of sp³-hybridized carbons (Fsp3) is 0.231. The number of aromatic nitrogens is 1. The first kappa shape index (κ1) is 15.2. The Kier molecular flexibility index (Phi) is 4.39. The summed E-state index contributed by atoms with van der Waals surface area (Å²) in [4.78, 5) is 16.3. The molecule has 0 radical (unpaired) electrons. The smallest absolute Gasteiger partial charge is 0.253 e. The van der Waals surface area contributed by atoms with E-state index < -0.39 is 10.0 Å². The van der Waals surface area contributed by atoms with E-state index >= 15 is 0 Å². The molecule has 1 aromatic carbocycles. The van der Waals surface area contributed by atoms with Crippen LogP contribution in [0.5, 0.6) is 0 Å². The summed E-state index contributed by atoms with van der Waals surface area (Å²) in [5, 5.41) is 11.9. The van der Waals surface area contributed by atoms with Crippen LogP contribution in [0.4, 0.5) is 5.82 Å². The van der Waals surface area contributed by atoms with Gasteiger partial charge >= 0.3 is 0 Å². The van der Waals surface area contributed by atoms with Crippen molar-refractivity contribution in [1.29, 1.82) is 0 Å². The zero-order valence-electron chi connectivity index (χ0n) is 11.5. The summed E-state index contributed by atoms with van der Waals surface area (Å²) in [5.74, 6) is -0.0182. The zero-order chi connectivity index (χ0) is 15.5. The second-order valence-corrected chi connectivity index (χ2v) is 6.17. The van der Waals surface area contributed by atoms with Crippen LogP contribution in [0.3, 0.4) is 0 Å². The van der Waals surface area contributed by atoms with Gasteiger partial charge in [0.25, 0.3) is 5.91 Å². The Hall–Kier alpha value is -2.19. The number of fused-ring (bicyclic) bond motifs is 1. The van der Waals surface area contributed by atoms with Gasteiger partial charge in [0.05, 0.1) is 11.3 Å². The minimum absolute atomic E-state index is 0.0419. The molecule has 0 saturated heterocycles. The molecule has 0 aliphatic rings. The highest BCUT2D eigenvalue weighted by molar-refractivity contribution is 7.89. The molecule has 0 unspecified atom stereocenters. The van der Waals surface area contributed by atoms with Gasteiger partial charge in [-0.1, -0.05) is 24.3 Å². The zero-order valence-corrected chi connectivity index (χ0v) is 12.3. The molecule has 0 saturated carbocycles. The summed E-state index contributed by atoms with van der Waals surface area (Å²) in [5.41, 5.74) is 0.388. The van der Waals surface area contributed by atoms with E-state index in [0.717, 1.165) is 10.8 Å². The Bertz CT molecular complexity index is 774. The van der Waals surface area contributed by atoms with Crippen LogP contribution in [0.1, 0.15) is 10.4 Å². The van der Waals surface area contributed by atoms with E-state index in [-0.39, 0.29) is 18.2 Å². The number of nitrogens with zero attached hydrogens (tertiary/aromatic N) is 1. The lowest BCUT2D eigenvalue weighted by Gasteiger charge is -2.10. The Morgan fingerprint density at radius 3 is 2.57 bits per heavy atom. The minimum atomic E-state index is -3.60. The third-order valence-electron chi connectivity index (χ3n) is 2.95. The number of nitrogens with two attached hydrogens (primary N) is 1. The molecule has 4 N–H and O–H groups in total. The fourth-order valence-corrected chi connectivity index (χ4v) is 2.36. The van der Waals surface area contributed by atoms with Crippen molar-refractivity contribution in [2.75, 3.05) is 24.7 Å². The number of benzene rings is 1. The highest BCUT2D eigenvalue weighted by atomic mass is 32.2. The van der Waals surface area contributed by atoms with Gasteiger partial charge in [0.2, 0.25) is 10.0 Å². The molecule has 0 atom stereocenters. The molecule has 0 aliphatic carbocycles. The van der Waals surface area contributed by atoms with Gasteiger partial charge in [0.15, 0.2) is 0 Å². The quantitative estimate of drug-likeness (QED) is 0.735. The molecular weight excluding hydrogens is 292 g/mol. The van der Waals surface area contributed by atoms with Crippen molar-refractivity contribution in [3.63, 3.8) is 0 Å². The molecule has 8 heteroatoms. The molecule has 1 heterocycles. The molecule has 0 fully saturated rings. The lowest BCUT2D eigenvalue weighted by molar-refractivity contribution is 0.0957. The number of hydrogen-bond donors (Lipinski definition) is 3. The first-order valence-corrected chi connectivity index (χ1v) is 7.98. The third-order valence-corrected chi connectivity index (χ3v) is 3.72. The van der Waals surface area contributed by atoms with Crippen molar-refractivity contribution in [3.8, 4) is 0 Å². The summed E-state index contributed by atoms with van der Waals surface area (Å²) in [7, 11) is -1.84. The second-order valence-electron chi connectivity index (χ2n) is 4.44. The number of carbonyl (C=O) groups excluding carboxylic acids is 1. The summed E-state index contributed by atoms with van der Waals surface area (Å²) in [6.45, 7) is -0.0419. The van der Waals surface area contributed by atoms with Gasteiger partial charge in [-0.25, -0.2) is 18.5 Å².